The molecule has 1 aromatic heterocycles. The van der Waals surface area contributed by atoms with Crippen LogP contribution in [0, 0.1) is 33.5 Å². The van der Waals surface area contributed by atoms with Crippen molar-refractivity contribution in [1.29, 1.82) is 0 Å². The maximum absolute atomic E-state index is 14.5. The third-order valence-electron chi connectivity index (χ3n) is 14.8. The predicted molar refractivity (Wildman–Crippen MR) is 192 cm³/mol. The maximum Gasteiger partial charge on any atom is 0.415 e. The molecule has 51 heavy (non-hydrogen) atoms. The Morgan fingerprint density at radius 2 is 1.71 bits per heavy atom. The lowest BCUT2D eigenvalue weighted by Gasteiger charge is -2.71. The summed E-state index contributed by atoms with van der Waals surface area (Å²) in [5.41, 5.74) is -2.22. The third-order valence-corrected chi connectivity index (χ3v) is 14.8. The lowest BCUT2D eigenvalue weighted by molar-refractivity contribution is -0.175. The smallest absolute Gasteiger partial charge is 0.415 e. The van der Waals surface area contributed by atoms with Crippen LogP contribution < -0.4 is 4.74 Å². The highest BCUT2D eigenvalue weighted by molar-refractivity contribution is 6.08. The number of carbonyl (C=O) groups is 2. The number of allylic oxidation sites excluding steroid dienone is 4. The van der Waals surface area contributed by atoms with Crippen molar-refractivity contribution < 1.29 is 33.7 Å². The Labute approximate surface area is 299 Å². The van der Waals surface area contributed by atoms with Gasteiger partial charge < -0.3 is 29.0 Å². The summed E-state index contributed by atoms with van der Waals surface area (Å²) in [7, 11) is 0. The topological polar surface area (TPSA) is 109 Å². The molecule has 3 saturated carbocycles. The minimum atomic E-state index is -1.22. The number of aliphatic hydroxyl groups is 2. The number of Topliss-reactive ketones (excluding diaryl/α,β-unsaturated/α-hetero) is 1. The van der Waals surface area contributed by atoms with E-state index >= 15 is 0 Å². The first-order chi connectivity index (χ1) is 24.5. The van der Waals surface area contributed by atoms with Crippen LogP contribution in [0.2, 0.25) is 0 Å². The molecule has 3 aromatic rings. The van der Waals surface area contributed by atoms with E-state index in [1.807, 2.05) is 42.5 Å². The SMILES string of the molecule is CC12CCC(O)CC13C=CC1(C(C(=O)c4ccco4)=C3)C2CCC2(C)C1CCC2(O)CN(CC1CCCO1)C(=O)Oc1ccc2ccccc2c1. The van der Waals surface area contributed by atoms with E-state index < -0.39 is 34.0 Å². The fourth-order valence-corrected chi connectivity index (χ4v) is 12.1. The number of furan rings is 1. The van der Waals surface area contributed by atoms with Crippen molar-refractivity contribution in [2.45, 2.75) is 89.4 Å². The lowest BCUT2D eigenvalue weighted by Crippen LogP contribution is -2.67. The molecule has 10 rings (SSSR count). The van der Waals surface area contributed by atoms with Gasteiger partial charge in [-0.2, -0.15) is 0 Å². The molecule has 1 saturated heterocycles. The second-order valence-corrected chi connectivity index (χ2v) is 17.0. The summed E-state index contributed by atoms with van der Waals surface area (Å²) in [5.74, 6) is 0.813. The highest BCUT2D eigenvalue weighted by Crippen LogP contribution is 2.78. The van der Waals surface area contributed by atoms with Crippen molar-refractivity contribution in [1.82, 2.24) is 4.90 Å². The van der Waals surface area contributed by atoms with Crippen LogP contribution in [0.15, 0.2) is 89.1 Å². The van der Waals surface area contributed by atoms with Gasteiger partial charge in [-0.3, -0.25) is 4.79 Å². The fourth-order valence-electron chi connectivity index (χ4n) is 12.1. The first-order valence-electron chi connectivity index (χ1n) is 19.0. The van der Waals surface area contributed by atoms with Crippen molar-refractivity contribution in [3.8, 4) is 5.75 Å². The van der Waals surface area contributed by atoms with E-state index in [9.17, 15) is 19.8 Å². The van der Waals surface area contributed by atoms with Gasteiger partial charge in [0.15, 0.2) is 5.76 Å². The second-order valence-electron chi connectivity index (χ2n) is 17.0. The largest absolute Gasteiger partial charge is 0.461 e. The molecular weight excluding hydrogens is 642 g/mol. The van der Waals surface area contributed by atoms with E-state index in [-0.39, 0.29) is 35.7 Å². The van der Waals surface area contributed by atoms with Crippen molar-refractivity contribution in [3.63, 3.8) is 0 Å². The standard InChI is InChI=1S/C43H49NO7/c1-39-16-13-30(45)24-41(39)19-20-43(33(25-41)37(46)34-10-6-22-50-34)35(39)14-17-40(2)36(43)15-18-42(40,48)27-44(26-32-9-5-21-49-32)38(47)51-31-12-11-28-7-3-4-8-29(28)23-31/h3-4,6-8,10-12,19-20,22-23,25,30,32,35-36,45,48H,5,9,13-18,21,24,26-27H2,1-2H3. The summed E-state index contributed by atoms with van der Waals surface area (Å²) in [6, 6.07) is 17.1. The minimum absolute atomic E-state index is 0.0433. The van der Waals surface area contributed by atoms with Crippen LogP contribution >= 0.6 is 0 Å². The van der Waals surface area contributed by atoms with Crippen molar-refractivity contribution in [2.24, 2.45) is 33.5 Å². The summed E-state index contributed by atoms with van der Waals surface area (Å²) in [6.45, 7) is 5.70. The molecule has 2 spiro atoms. The van der Waals surface area contributed by atoms with E-state index in [1.54, 1.807) is 23.3 Å². The molecule has 6 aliphatic carbocycles. The first-order valence-corrected chi connectivity index (χ1v) is 19.0. The number of benzene rings is 2. The summed E-state index contributed by atoms with van der Waals surface area (Å²) < 4.78 is 17.8. The monoisotopic (exact) mass is 691 g/mol. The van der Waals surface area contributed by atoms with Crippen LogP contribution in [-0.4, -0.2) is 64.5 Å². The van der Waals surface area contributed by atoms with E-state index in [2.05, 4.69) is 32.1 Å². The van der Waals surface area contributed by atoms with Crippen molar-refractivity contribution in [3.05, 3.63) is 90.4 Å². The average molecular weight is 692 g/mol. The number of aliphatic hydroxyl groups excluding tert-OH is 1. The van der Waals surface area contributed by atoms with Crippen LogP contribution in [0.5, 0.6) is 5.75 Å². The maximum atomic E-state index is 14.5. The van der Waals surface area contributed by atoms with E-state index in [0.717, 1.165) is 61.3 Å². The zero-order valence-electron chi connectivity index (χ0n) is 29.7. The fraction of sp³-hybridized carbons (Fsp3) is 0.535. The van der Waals surface area contributed by atoms with Gasteiger partial charge in [0, 0.05) is 28.4 Å². The van der Waals surface area contributed by atoms with Gasteiger partial charge in [-0.15, -0.1) is 0 Å². The summed E-state index contributed by atoms with van der Waals surface area (Å²) in [6.07, 6.45) is 14.2. The summed E-state index contributed by atoms with van der Waals surface area (Å²) in [4.78, 5) is 30.3. The van der Waals surface area contributed by atoms with Gasteiger partial charge in [0.25, 0.3) is 0 Å². The summed E-state index contributed by atoms with van der Waals surface area (Å²) in [5, 5.41) is 26.0. The van der Waals surface area contributed by atoms with Crippen molar-refractivity contribution >= 4 is 22.6 Å². The van der Waals surface area contributed by atoms with Crippen molar-refractivity contribution in [2.75, 3.05) is 19.7 Å². The molecule has 2 N–H and O–H groups in total. The Hall–Kier alpha value is -3.72. The molecule has 9 atom stereocenters. The summed E-state index contributed by atoms with van der Waals surface area (Å²) >= 11 is 0. The van der Waals surface area contributed by atoms with Crippen LogP contribution in [0.4, 0.5) is 4.79 Å². The molecule has 0 radical (unpaired) electrons. The van der Waals surface area contributed by atoms with Gasteiger partial charge in [-0.05, 0) is 110 Å². The number of carbonyl (C=O) groups excluding carboxylic acids is 2. The zero-order valence-corrected chi connectivity index (χ0v) is 29.7. The molecular formula is C43H49NO7. The molecule has 7 aliphatic rings. The Balaban J connectivity index is 1.07. The van der Waals surface area contributed by atoms with Gasteiger partial charge in [0.2, 0.25) is 5.78 Å². The van der Waals surface area contributed by atoms with Crippen LogP contribution in [0.25, 0.3) is 10.8 Å². The van der Waals surface area contributed by atoms with Crippen LogP contribution in [-0.2, 0) is 4.74 Å². The molecule has 268 valence electrons. The number of hydrogen-bond donors (Lipinski definition) is 2. The highest BCUT2D eigenvalue weighted by Gasteiger charge is 2.74. The molecule has 1 aliphatic heterocycles. The highest BCUT2D eigenvalue weighted by atomic mass is 16.6. The molecule has 8 heteroatoms. The van der Waals surface area contributed by atoms with E-state index in [0.29, 0.717) is 37.5 Å². The lowest BCUT2D eigenvalue weighted by atomic mass is 9.32. The Kier molecular flexibility index (Phi) is 7.56. The quantitative estimate of drug-likeness (QED) is 0.192. The number of rotatable bonds is 7. The van der Waals surface area contributed by atoms with Gasteiger partial charge >= 0.3 is 6.09 Å². The molecule has 2 bridgehead atoms. The average Bonchev–Trinajstić information content (AvgIpc) is 3.90. The number of hydrogen-bond acceptors (Lipinski definition) is 7. The Morgan fingerprint density at radius 3 is 2.49 bits per heavy atom. The normalized spacial score (nSPS) is 39.3. The van der Waals surface area contributed by atoms with Gasteiger partial charge in [0.05, 0.1) is 37.2 Å². The molecule has 2 aromatic carbocycles. The number of amides is 1. The predicted octanol–water partition coefficient (Wildman–Crippen LogP) is 7.89. The number of fused-ring (bicyclic) bond motifs is 2. The zero-order chi connectivity index (χ0) is 35.2. The molecule has 2 heterocycles. The van der Waals surface area contributed by atoms with Gasteiger partial charge in [0.1, 0.15) is 5.75 Å². The Morgan fingerprint density at radius 1 is 0.922 bits per heavy atom. The Bertz CT molecular complexity index is 1930. The first kappa shape index (κ1) is 33.1. The van der Waals surface area contributed by atoms with E-state index in [4.69, 9.17) is 13.9 Å². The molecule has 1 amide bonds. The second kappa shape index (κ2) is 11.6. The number of nitrogens with zero attached hydrogens (tertiary/aromatic N) is 1. The number of ketones is 1. The molecule has 9 unspecified atom stereocenters. The van der Waals surface area contributed by atoms with Gasteiger partial charge in [-0.25, -0.2) is 4.79 Å². The molecule has 4 fully saturated rings. The third kappa shape index (κ3) is 4.75. The van der Waals surface area contributed by atoms with Gasteiger partial charge in [-0.1, -0.05) is 62.4 Å². The van der Waals surface area contributed by atoms with Crippen LogP contribution in [0.1, 0.15) is 82.2 Å². The van der Waals surface area contributed by atoms with Crippen LogP contribution in [0.3, 0.4) is 0 Å². The number of ether oxygens (including phenoxy) is 2. The van der Waals surface area contributed by atoms with E-state index in [1.165, 1.54) is 0 Å². The molecule has 8 nitrogen and oxygen atoms in total. The minimum Gasteiger partial charge on any atom is -0.461 e.